The summed E-state index contributed by atoms with van der Waals surface area (Å²) in [6.07, 6.45) is 6.10. The largest absolute Gasteiger partial charge is 0.342 e. The summed E-state index contributed by atoms with van der Waals surface area (Å²) in [5.74, 6) is 0.311. The van der Waals surface area contributed by atoms with Gasteiger partial charge in [-0.3, -0.25) is 4.79 Å². The van der Waals surface area contributed by atoms with E-state index in [9.17, 15) is 4.79 Å². The van der Waals surface area contributed by atoms with Crippen LogP contribution in [0.15, 0.2) is 17.5 Å². The van der Waals surface area contributed by atoms with E-state index >= 15 is 0 Å². The van der Waals surface area contributed by atoms with Crippen LogP contribution in [0.4, 0.5) is 0 Å². The fourth-order valence-electron chi connectivity index (χ4n) is 2.95. The second-order valence-corrected chi connectivity index (χ2v) is 7.87. The number of nitrogens with two attached hydrogens (primary N) is 1. The first-order valence-electron chi connectivity index (χ1n) is 8.05. The summed E-state index contributed by atoms with van der Waals surface area (Å²) in [7, 11) is 0. The minimum Gasteiger partial charge on any atom is -0.342 e. The normalized spacial score (nSPS) is 20.5. The smallest absolute Gasteiger partial charge is 0.222 e. The van der Waals surface area contributed by atoms with E-state index in [4.69, 9.17) is 5.73 Å². The lowest BCUT2D eigenvalue weighted by molar-refractivity contribution is -0.134. The third-order valence-electron chi connectivity index (χ3n) is 4.56. The minimum absolute atomic E-state index is 0. The van der Waals surface area contributed by atoms with Crippen LogP contribution in [0.3, 0.4) is 0 Å². The summed E-state index contributed by atoms with van der Waals surface area (Å²) in [5, 5.41) is 2.13. The third kappa shape index (κ3) is 5.56. The van der Waals surface area contributed by atoms with E-state index < -0.39 is 0 Å². The number of halogens is 1. The minimum atomic E-state index is 0. The van der Waals surface area contributed by atoms with Crippen LogP contribution in [0.2, 0.25) is 0 Å². The molecule has 1 aromatic heterocycles. The summed E-state index contributed by atoms with van der Waals surface area (Å²) in [5.41, 5.74) is 6.17. The van der Waals surface area contributed by atoms with Crippen LogP contribution in [0.5, 0.6) is 0 Å². The first-order valence-corrected chi connectivity index (χ1v) is 8.93. The van der Waals surface area contributed by atoms with Gasteiger partial charge in [0.1, 0.15) is 0 Å². The SMILES string of the molecule is CC1(C)CN(C(=O)CCCCCc2cccs2)CCC1N.Cl. The average Bonchev–Trinajstić information content (AvgIpc) is 2.94. The lowest BCUT2D eigenvalue weighted by Crippen LogP contribution is -2.53. The first kappa shape index (κ1) is 19.5. The Morgan fingerprint density at radius 2 is 2.18 bits per heavy atom. The molecule has 1 aromatic rings. The number of amides is 1. The van der Waals surface area contributed by atoms with Gasteiger partial charge in [-0.05, 0) is 42.5 Å². The van der Waals surface area contributed by atoms with Gasteiger partial charge in [0.05, 0.1) is 0 Å². The molecule has 1 amide bonds. The average molecular weight is 345 g/mol. The van der Waals surface area contributed by atoms with Crippen molar-refractivity contribution in [2.24, 2.45) is 11.1 Å². The fraction of sp³-hybridized carbons (Fsp3) is 0.706. The van der Waals surface area contributed by atoms with Gasteiger partial charge in [-0.1, -0.05) is 26.3 Å². The lowest BCUT2D eigenvalue weighted by atomic mass is 9.79. The van der Waals surface area contributed by atoms with Gasteiger partial charge in [0.25, 0.3) is 0 Å². The van der Waals surface area contributed by atoms with Crippen LogP contribution < -0.4 is 5.73 Å². The zero-order valence-corrected chi connectivity index (χ0v) is 15.3. The molecule has 1 unspecified atom stereocenters. The monoisotopic (exact) mass is 344 g/mol. The number of rotatable bonds is 6. The topological polar surface area (TPSA) is 46.3 Å². The van der Waals surface area contributed by atoms with E-state index in [0.29, 0.717) is 12.3 Å². The van der Waals surface area contributed by atoms with E-state index in [1.165, 1.54) is 11.3 Å². The van der Waals surface area contributed by atoms with Crippen molar-refractivity contribution in [2.75, 3.05) is 13.1 Å². The number of unbranched alkanes of at least 4 members (excludes halogenated alkanes) is 2. The van der Waals surface area contributed by atoms with E-state index in [-0.39, 0.29) is 23.9 Å². The van der Waals surface area contributed by atoms with Gasteiger partial charge in [0, 0.05) is 30.4 Å². The summed E-state index contributed by atoms with van der Waals surface area (Å²) < 4.78 is 0. The molecule has 0 aliphatic carbocycles. The molecule has 0 spiro atoms. The molecule has 1 atom stereocenters. The predicted molar refractivity (Wildman–Crippen MR) is 96.7 cm³/mol. The Bertz CT molecular complexity index is 448. The van der Waals surface area contributed by atoms with Crippen LogP contribution in [0.25, 0.3) is 0 Å². The highest BCUT2D eigenvalue weighted by atomic mass is 35.5. The molecule has 0 radical (unpaired) electrons. The van der Waals surface area contributed by atoms with Crippen LogP contribution >= 0.6 is 23.7 Å². The molecule has 1 fully saturated rings. The zero-order chi connectivity index (χ0) is 15.3. The molecule has 5 heteroatoms. The van der Waals surface area contributed by atoms with E-state index in [0.717, 1.165) is 38.8 Å². The number of piperidine rings is 1. The molecule has 2 N–H and O–H groups in total. The number of aryl methyl sites for hydroxylation is 1. The van der Waals surface area contributed by atoms with Crippen molar-refractivity contribution < 1.29 is 4.79 Å². The highest BCUT2D eigenvalue weighted by Crippen LogP contribution is 2.28. The van der Waals surface area contributed by atoms with Gasteiger partial charge in [-0.15, -0.1) is 23.7 Å². The molecule has 0 saturated carbocycles. The van der Waals surface area contributed by atoms with Gasteiger partial charge >= 0.3 is 0 Å². The Kier molecular flexibility index (Phi) is 7.87. The van der Waals surface area contributed by atoms with Crippen molar-refractivity contribution in [1.29, 1.82) is 0 Å². The molecule has 0 aromatic carbocycles. The van der Waals surface area contributed by atoms with Crippen molar-refractivity contribution in [2.45, 2.75) is 58.4 Å². The summed E-state index contributed by atoms with van der Waals surface area (Å²) >= 11 is 1.82. The second kappa shape index (κ2) is 8.90. The third-order valence-corrected chi connectivity index (χ3v) is 5.49. The summed E-state index contributed by atoms with van der Waals surface area (Å²) in [6, 6.07) is 4.51. The molecule has 22 heavy (non-hydrogen) atoms. The number of thiophene rings is 1. The van der Waals surface area contributed by atoms with Crippen LogP contribution in [-0.4, -0.2) is 29.9 Å². The van der Waals surface area contributed by atoms with Crippen molar-refractivity contribution in [3.05, 3.63) is 22.4 Å². The Morgan fingerprint density at radius 3 is 2.82 bits per heavy atom. The highest BCUT2D eigenvalue weighted by Gasteiger charge is 2.34. The Labute approximate surface area is 144 Å². The lowest BCUT2D eigenvalue weighted by Gasteiger charge is -2.42. The molecule has 2 rings (SSSR count). The molecular weight excluding hydrogens is 316 g/mol. The quantitative estimate of drug-likeness (QED) is 0.796. The molecule has 1 aliphatic heterocycles. The Morgan fingerprint density at radius 1 is 1.41 bits per heavy atom. The van der Waals surface area contributed by atoms with Crippen molar-refractivity contribution >= 4 is 29.7 Å². The Hall–Kier alpha value is -0.580. The molecule has 1 saturated heterocycles. The number of carbonyl (C=O) groups excluding carboxylic acids is 1. The predicted octanol–water partition coefficient (Wildman–Crippen LogP) is 3.86. The van der Waals surface area contributed by atoms with Gasteiger partial charge in [0.2, 0.25) is 5.91 Å². The Balaban J connectivity index is 0.00000242. The van der Waals surface area contributed by atoms with Gasteiger partial charge in [0.15, 0.2) is 0 Å². The first-order chi connectivity index (χ1) is 9.99. The van der Waals surface area contributed by atoms with E-state index in [1.54, 1.807) is 0 Å². The van der Waals surface area contributed by atoms with Crippen LogP contribution in [0.1, 0.15) is 50.8 Å². The van der Waals surface area contributed by atoms with E-state index in [1.807, 2.05) is 16.2 Å². The molecule has 2 heterocycles. The number of hydrogen-bond acceptors (Lipinski definition) is 3. The van der Waals surface area contributed by atoms with Gasteiger partial charge < -0.3 is 10.6 Å². The van der Waals surface area contributed by atoms with Crippen molar-refractivity contribution in [3.63, 3.8) is 0 Å². The maximum absolute atomic E-state index is 12.3. The zero-order valence-electron chi connectivity index (χ0n) is 13.7. The van der Waals surface area contributed by atoms with Gasteiger partial charge in [-0.2, -0.15) is 0 Å². The van der Waals surface area contributed by atoms with Crippen LogP contribution in [-0.2, 0) is 11.2 Å². The maximum atomic E-state index is 12.3. The number of hydrogen-bond donors (Lipinski definition) is 1. The molecular formula is C17H29ClN2OS. The fourth-order valence-corrected chi connectivity index (χ4v) is 3.70. The second-order valence-electron chi connectivity index (χ2n) is 6.84. The molecule has 126 valence electrons. The van der Waals surface area contributed by atoms with Crippen molar-refractivity contribution in [1.82, 2.24) is 4.90 Å². The number of carbonyl (C=O) groups is 1. The van der Waals surface area contributed by atoms with Crippen molar-refractivity contribution in [3.8, 4) is 0 Å². The molecule has 3 nitrogen and oxygen atoms in total. The summed E-state index contributed by atoms with van der Waals surface area (Å²) in [4.78, 5) is 15.7. The number of nitrogens with zero attached hydrogens (tertiary/aromatic N) is 1. The van der Waals surface area contributed by atoms with E-state index in [2.05, 4.69) is 31.4 Å². The highest BCUT2D eigenvalue weighted by molar-refractivity contribution is 7.09. The molecule has 0 bridgehead atoms. The summed E-state index contributed by atoms with van der Waals surface area (Å²) in [6.45, 7) is 5.97. The molecule has 1 aliphatic rings. The van der Waals surface area contributed by atoms with Crippen LogP contribution in [0, 0.1) is 5.41 Å². The standard InChI is InChI=1S/C17H28N2OS.ClH/c1-17(2)13-19(11-10-15(17)18)16(20)9-5-3-4-7-14-8-6-12-21-14;/h6,8,12,15H,3-5,7,9-11,13,18H2,1-2H3;1H. The maximum Gasteiger partial charge on any atom is 0.222 e. The number of likely N-dealkylation sites (tertiary alicyclic amines) is 1. The van der Waals surface area contributed by atoms with Gasteiger partial charge in [-0.25, -0.2) is 0 Å².